The number of benzene rings is 4. The Balaban J connectivity index is 1.80. The van der Waals surface area contributed by atoms with E-state index < -0.39 is 28.3 Å². The first kappa shape index (κ1) is 25.3. The van der Waals surface area contributed by atoms with Gasteiger partial charge in [0, 0.05) is 18.6 Å². The molecule has 0 saturated heterocycles. The number of carbonyl (C=O) groups is 2. The zero-order valence-electron chi connectivity index (χ0n) is 20.2. The van der Waals surface area contributed by atoms with Crippen LogP contribution in [-0.4, -0.2) is 30.0 Å². The highest BCUT2D eigenvalue weighted by atomic mass is 16.6. The average Bonchev–Trinajstić information content (AvgIpc) is 2.95. The molecule has 0 spiro atoms. The molecule has 0 aliphatic carbocycles. The molecular formula is C30H26N2O5. The van der Waals surface area contributed by atoms with Crippen molar-refractivity contribution in [2.75, 3.05) is 7.11 Å². The van der Waals surface area contributed by atoms with Gasteiger partial charge in [-0.15, -0.1) is 0 Å². The van der Waals surface area contributed by atoms with E-state index in [0.29, 0.717) is 5.56 Å². The molecule has 0 aliphatic heterocycles. The molecule has 0 radical (unpaired) electrons. The van der Waals surface area contributed by atoms with Crippen LogP contribution in [-0.2, 0) is 26.2 Å². The number of non-ortho nitro benzene ring substituents is 1. The number of nitro benzene ring substituents is 1. The largest absolute Gasteiger partial charge is 0.467 e. The molecule has 1 amide bonds. The van der Waals surface area contributed by atoms with Gasteiger partial charge in [0.1, 0.15) is 11.5 Å². The Morgan fingerprint density at radius 1 is 0.784 bits per heavy atom. The number of carbonyl (C=O) groups excluding carboxylic acids is 2. The summed E-state index contributed by atoms with van der Waals surface area (Å²) < 4.78 is 5.02. The molecule has 37 heavy (non-hydrogen) atoms. The highest BCUT2D eigenvalue weighted by Crippen LogP contribution is 2.39. The van der Waals surface area contributed by atoms with E-state index in [1.807, 2.05) is 91.0 Å². The lowest BCUT2D eigenvalue weighted by molar-refractivity contribution is -0.384. The van der Waals surface area contributed by atoms with Gasteiger partial charge in [-0.2, -0.15) is 0 Å². The van der Waals surface area contributed by atoms with Crippen LogP contribution in [0.3, 0.4) is 0 Å². The molecule has 186 valence electrons. The minimum absolute atomic E-state index is 0.0568. The third-order valence-electron chi connectivity index (χ3n) is 6.34. The molecule has 4 aromatic carbocycles. The lowest BCUT2D eigenvalue weighted by Crippen LogP contribution is -2.52. The second kappa shape index (κ2) is 11.3. The molecule has 0 bridgehead atoms. The molecule has 7 nitrogen and oxygen atoms in total. The van der Waals surface area contributed by atoms with Crippen molar-refractivity contribution in [1.82, 2.24) is 5.32 Å². The van der Waals surface area contributed by atoms with E-state index in [1.165, 1.54) is 19.2 Å². The highest BCUT2D eigenvalue weighted by molar-refractivity contribution is 5.98. The average molecular weight is 495 g/mol. The van der Waals surface area contributed by atoms with Crippen molar-refractivity contribution < 1.29 is 19.2 Å². The summed E-state index contributed by atoms with van der Waals surface area (Å²) in [6.45, 7) is 0. The van der Waals surface area contributed by atoms with Crippen molar-refractivity contribution in [1.29, 1.82) is 0 Å². The van der Waals surface area contributed by atoms with Crippen LogP contribution < -0.4 is 5.32 Å². The van der Waals surface area contributed by atoms with Crippen LogP contribution in [0.1, 0.15) is 22.3 Å². The van der Waals surface area contributed by atoms with Crippen LogP contribution in [0.5, 0.6) is 0 Å². The number of rotatable bonds is 9. The van der Waals surface area contributed by atoms with E-state index in [9.17, 15) is 19.7 Å². The zero-order valence-corrected chi connectivity index (χ0v) is 20.2. The maximum absolute atomic E-state index is 14.4. The van der Waals surface area contributed by atoms with Gasteiger partial charge in [-0.1, -0.05) is 103 Å². The van der Waals surface area contributed by atoms with Gasteiger partial charge in [0.05, 0.1) is 12.0 Å². The number of ether oxygens (including phenoxy) is 1. The number of hydrogen-bond donors (Lipinski definition) is 1. The van der Waals surface area contributed by atoms with E-state index >= 15 is 0 Å². The normalized spacial score (nSPS) is 11.8. The van der Waals surface area contributed by atoms with Crippen molar-refractivity contribution in [3.05, 3.63) is 148 Å². The number of nitrogens with one attached hydrogen (secondary N) is 1. The summed E-state index contributed by atoms with van der Waals surface area (Å²) in [5.74, 6) is -1.01. The molecule has 4 aromatic rings. The predicted molar refractivity (Wildman–Crippen MR) is 140 cm³/mol. The van der Waals surface area contributed by atoms with Crippen molar-refractivity contribution >= 4 is 17.6 Å². The SMILES string of the molecule is COC(=O)[C@H](Cc1ccc([N+](=O)[O-])cc1)NC(=O)C(c1ccccc1)(c1ccccc1)c1ccccc1. The Morgan fingerprint density at radius 2 is 1.22 bits per heavy atom. The molecule has 0 saturated carbocycles. The molecular weight excluding hydrogens is 468 g/mol. The summed E-state index contributed by atoms with van der Waals surface area (Å²) in [5.41, 5.74) is 1.55. The first-order valence-corrected chi connectivity index (χ1v) is 11.8. The molecule has 1 atom stereocenters. The first-order chi connectivity index (χ1) is 18.0. The van der Waals surface area contributed by atoms with Gasteiger partial charge >= 0.3 is 5.97 Å². The Morgan fingerprint density at radius 3 is 1.59 bits per heavy atom. The van der Waals surface area contributed by atoms with E-state index in [2.05, 4.69) is 5.32 Å². The van der Waals surface area contributed by atoms with Gasteiger partial charge in [0.2, 0.25) is 5.91 Å². The van der Waals surface area contributed by atoms with E-state index in [4.69, 9.17) is 4.74 Å². The summed E-state index contributed by atoms with van der Waals surface area (Å²) in [6, 6.07) is 33.1. The van der Waals surface area contributed by atoms with Crippen LogP contribution in [0, 0.1) is 10.1 Å². The second-order valence-corrected chi connectivity index (χ2v) is 8.52. The van der Waals surface area contributed by atoms with E-state index in [-0.39, 0.29) is 12.1 Å². The predicted octanol–water partition coefficient (Wildman–Crippen LogP) is 4.83. The van der Waals surface area contributed by atoms with Gasteiger partial charge in [-0.05, 0) is 22.3 Å². The highest BCUT2D eigenvalue weighted by Gasteiger charge is 2.45. The Hall–Kier alpha value is -4.78. The van der Waals surface area contributed by atoms with Crippen LogP contribution in [0.15, 0.2) is 115 Å². The van der Waals surface area contributed by atoms with Crippen molar-refractivity contribution in [3.63, 3.8) is 0 Å². The zero-order chi connectivity index (χ0) is 26.3. The summed E-state index contributed by atoms with van der Waals surface area (Å²) in [5, 5.41) is 14.0. The van der Waals surface area contributed by atoms with Gasteiger partial charge in [-0.3, -0.25) is 14.9 Å². The Kier molecular flexibility index (Phi) is 7.74. The fourth-order valence-electron chi connectivity index (χ4n) is 4.55. The Bertz CT molecular complexity index is 1260. The third-order valence-corrected chi connectivity index (χ3v) is 6.34. The van der Waals surface area contributed by atoms with Crippen molar-refractivity contribution in [2.24, 2.45) is 0 Å². The number of methoxy groups -OCH3 is 1. The van der Waals surface area contributed by atoms with Crippen LogP contribution in [0.4, 0.5) is 5.69 Å². The Labute approximate surface area is 214 Å². The fourth-order valence-corrected chi connectivity index (χ4v) is 4.55. The molecule has 0 aromatic heterocycles. The second-order valence-electron chi connectivity index (χ2n) is 8.52. The number of nitro groups is 1. The van der Waals surface area contributed by atoms with Gasteiger partial charge in [0.25, 0.3) is 5.69 Å². The van der Waals surface area contributed by atoms with Gasteiger partial charge < -0.3 is 10.1 Å². The molecule has 7 heteroatoms. The number of amides is 1. The summed E-state index contributed by atoms with van der Waals surface area (Å²) in [7, 11) is 1.26. The van der Waals surface area contributed by atoms with Gasteiger partial charge in [-0.25, -0.2) is 4.79 Å². The molecule has 0 unspecified atom stereocenters. The minimum atomic E-state index is -1.26. The quantitative estimate of drug-likeness (QED) is 0.156. The minimum Gasteiger partial charge on any atom is -0.467 e. The fraction of sp³-hybridized carbons (Fsp3) is 0.133. The molecule has 4 rings (SSSR count). The monoisotopic (exact) mass is 494 g/mol. The van der Waals surface area contributed by atoms with Gasteiger partial charge in [0.15, 0.2) is 0 Å². The first-order valence-electron chi connectivity index (χ1n) is 11.8. The lowest BCUT2D eigenvalue weighted by Gasteiger charge is -2.35. The third kappa shape index (κ3) is 5.26. The molecule has 0 fully saturated rings. The summed E-state index contributed by atoms with van der Waals surface area (Å²) >= 11 is 0. The van der Waals surface area contributed by atoms with Crippen molar-refractivity contribution in [2.45, 2.75) is 17.9 Å². The molecule has 0 aliphatic rings. The number of nitrogens with zero attached hydrogens (tertiary/aromatic N) is 1. The maximum atomic E-state index is 14.4. The number of esters is 1. The summed E-state index contributed by atoms with van der Waals surface area (Å²) in [6.07, 6.45) is 0.102. The molecule has 1 N–H and O–H groups in total. The topological polar surface area (TPSA) is 98.5 Å². The standard InChI is InChI=1S/C30H26N2O5/c1-37-28(33)27(21-22-17-19-26(20-18-22)32(35)36)31-29(34)30(23-11-5-2-6-12-23,24-13-7-3-8-14-24)25-15-9-4-10-16-25/h2-20,27H,21H2,1H3,(H,31,34)/t27-/m0/s1. The lowest BCUT2D eigenvalue weighted by atomic mass is 9.68. The summed E-state index contributed by atoms with van der Waals surface area (Å²) in [4.78, 5) is 37.8. The number of hydrogen-bond acceptors (Lipinski definition) is 5. The van der Waals surface area contributed by atoms with Crippen LogP contribution in [0.2, 0.25) is 0 Å². The molecule has 0 heterocycles. The smallest absolute Gasteiger partial charge is 0.328 e. The van der Waals surface area contributed by atoms with Crippen molar-refractivity contribution in [3.8, 4) is 0 Å². The van der Waals surface area contributed by atoms with Crippen LogP contribution in [0.25, 0.3) is 0 Å². The van der Waals surface area contributed by atoms with E-state index in [1.54, 1.807) is 12.1 Å². The van der Waals surface area contributed by atoms with Crippen LogP contribution >= 0.6 is 0 Å². The van der Waals surface area contributed by atoms with E-state index in [0.717, 1.165) is 16.7 Å². The maximum Gasteiger partial charge on any atom is 0.328 e.